The smallest absolute Gasteiger partial charge is 0.0887 e. The van der Waals surface area contributed by atoms with Crippen molar-refractivity contribution in [1.29, 1.82) is 0 Å². The normalized spacial score (nSPS) is 12.5. The third kappa shape index (κ3) is 7.23. The van der Waals surface area contributed by atoms with E-state index in [1.807, 2.05) is 0 Å². The Bertz CT molecular complexity index is 110. The van der Waals surface area contributed by atoms with Crippen LogP contribution in [0.5, 0.6) is 0 Å². The Balaban J connectivity index is 3.22. The van der Waals surface area contributed by atoms with Gasteiger partial charge in [0.2, 0.25) is 0 Å². The van der Waals surface area contributed by atoms with Gasteiger partial charge >= 0.3 is 0 Å². The molecule has 0 fully saturated rings. The summed E-state index contributed by atoms with van der Waals surface area (Å²) in [5.41, 5.74) is 5.39. The lowest BCUT2D eigenvalue weighted by atomic mass is 10.1. The Hall–Kier alpha value is -0.660. The number of hydrogen-bond acceptors (Lipinski definition) is 2. The van der Waals surface area contributed by atoms with Crippen LogP contribution >= 0.6 is 0 Å². The highest BCUT2D eigenvalue weighted by Gasteiger charge is 1.98. The molecule has 11 heavy (non-hydrogen) atoms. The molecule has 0 aromatic rings. The number of unbranched alkanes of at least 4 members (excludes halogenated alkanes) is 2. The Labute approximate surface area is 69.9 Å². The average molecular weight is 156 g/mol. The summed E-state index contributed by atoms with van der Waals surface area (Å²) in [5, 5.41) is 3.08. The molecule has 1 atom stereocenters. The van der Waals surface area contributed by atoms with Crippen LogP contribution in [0.4, 0.5) is 0 Å². The zero-order valence-electron chi connectivity index (χ0n) is 7.69. The zero-order valence-corrected chi connectivity index (χ0v) is 7.69. The van der Waals surface area contributed by atoms with Crippen LogP contribution in [0.25, 0.3) is 0 Å². The van der Waals surface area contributed by atoms with Crippen LogP contribution in [0, 0.1) is 0 Å². The van der Waals surface area contributed by atoms with Gasteiger partial charge < -0.3 is 11.1 Å². The van der Waals surface area contributed by atoms with Crippen LogP contribution in [0.15, 0.2) is 12.4 Å². The predicted octanol–water partition coefficient (Wildman–Crippen LogP) is 1.97. The van der Waals surface area contributed by atoms with Gasteiger partial charge in [-0.1, -0.05) is 32.8 Å². The van der Waals surface area contributed by atoms with Crippen molar-refractivity contribution in [3.8, 4) is 0 Å². The summed E-state index contributed by atoms with van der Waals surface area (Å²) in [6, 6.07) is 0.471. The molecule has 1 unspecified atom stereocenters. The van der Waals surface area contributed by atoms with E-state index in [4.69, 9.17) is 5.73 Å². The number of rotatable bonds is 6. The number of nitrogens with one attached hydrogen (secondary N) is 1. The van der Waals surface area contributed by atoms with Gasteiger partial charge in [0.25, 0.3) is 0 Å². The van der Waals surface area contributed by atoms with E-state index in [1.54, 1.807) is 0 Å². The average Bonchev–Trinajstić information content (AvgIpc) is 1.86. The second-order valence-electron chi connectivity index (χ2n) is 3.07. The molecule has 66 valence electrons. The number of nitrogens with two attached hydrogens (primary N) is 1. The summed E-state index contributed by atoms with van der Waals surface area (Å²) in [6.07, 6.45) is 5.04. The summed E-state index contributed by atoms with van der Waals surface area (Å²) < 4.78 is 0. The molecule has 0 spiro atoms. The fourth-order valence-corrected chi connectivity index (χ4v) is 1.09. The van der Waals surface area contributed by atoms with Crippen molar-refractivity contribution >= 4 is 0 Å². The van der Waals surface area contributed by atoms with Gasteiger partial charge in [-0.25, -0.2) is 0 Å². The van der Waals surface area contributed by atoms with E-state index in [0.29, 0.717) is 11.9 Å². The zero-order chi connectivity index (χ0) is 8.69. The van der Waals surface area contributed by atoms with E-state index >= 15 is 0 Å². The quantitative estimate of drug-likeness (QED) is 0.577. The highest BCUT2D eigenvalue weighted by Crippen LogP contribution is 2.02. The van der Waals surface area contributed by atoms with Crippen LogP contribution in [0.2, 0.25) is 0 Å². The van der Waals surface area contributed by atoms with Gasteiger partial charge in [-0.05, 0) is 13.3 Å². The van der Waals surface area contributed by atoms with Gasteiger partial charge in [0.15, 0.2) is 0 Å². The van der Waals surface area contributed by atoms with E-state index in [1.165, 1.54) is 25.7 Å². The maximum Gasteiger partial charge on any atom is 0.0887 e. The lowest BCUT2D eigenvalue weighted by Crippen LogP contribution is -2.28. The Kier molecular flexibility index (Phi) is 5.71. The monoisotopic (exact) mass is 156 g/mol. The minimum Gasteiger partial charge on any atom is -0.386 e. The minimum atomic E-state index is 0.471. The van der Waals surface area contributed by atoms with Gasteiger partial charge in [-0.15, -0.1) is 0 Å². The van der Waals surface area contributed by atoms with Crippen molar-refractivity contribution in [2.45, 2.75) is 45.6 Å². The summed E-state index contributed by atoms with van der Waals surface area (Å²) in [4.78, 5) is 0. The van der Waals surface area contributed by atoms with Crippen LogP contribution in [-0.2, 0) is 0 Å². The summed E-state index contributed by atoms with van der Waals surface area (Å²) in [5.74, 6) is 0.578. The first-order valence-electron chi connectivity index (χ1n) is 4.37. The van der Waals surface area contributed by atoms with Gasteiger partial charge in [0, 0.05) is 6.04 Å². The molecule has 0 saturated carbocycles. The molecule has 0 aromatic carbocycles. The van der Waals surface area contributed by atoms with Gasteiger partial charge in [0.05, 0.1) is 5.82 Å². The maximum absolute atomic E-state index is 5.39. The molecule has 0 aromatic heterocycles. The van der Waals surface area contributed by atoms with E-state index in [-0.39, 0.29) is 0 Å². The molecule has 2 heteroatoms. The molecular formula is C9H20N2. The SMILES string of the molecule is C=C(N)NC(C)CCCCC. The van der Waals surface area contributed by atoms with Gasteiger partial charge in [-0.2, -0.15) is 0 Å². The predicted molar refractivity (Wildman–Crippen MR) is 50.1 cm³/mol. The molecule has 0 heterocycles. The second kappa shape index (κ2) is 6.08. The first kappa shape index (κ1) is 10.3. The van der Waals surface area contributed by atoms with E-state index in [0.717, 1.165) is 0 Å². The van der Waals surface area contributed by atoms with Gasteiger partial charge in [0.1, 0.15) is 0 Å². The highest BCUT2D eigenvalue weighted by molar-refractivity contribution is 4.84. The number of hydrogen-bond donors (Lipinski definition) is 2. The molecule has 2 nitrogen and oxygen atoms in total. The van der Waals surface area contributed by atoms with Crippen molar-refractivity contribution in [2.75, 3.05) is 0 Å². The molecule has 0 saturated heterocycles. The third-order valence-corrected chi connectivity index (χ3v) is 1.67. The molecule has 0 rings (SSSR count). The lowest BCUT2D eigenvalue weighted by Gasteiger charge is -2.13. The fourth-order valence-electron chi connectivity index (χ4n) is 1.09. The lowest BCUT2D eigenvalue weighted by molar-refractivity contribution is 0.526. The van der Waals surface area contributed by atoms with Crippen molar-refractivity contribution in [1.82, 2.24) is 5.32 Å². The molecule has 0 amide bonds. The van der Waals surface area contributed by atoms with Crippen molar-refractivity contribution in [3.63, 3.8) is 0 Å². The third-order valence-electron chi connectivity index (χ3n) is 1.67. The van der Waals surface area contributed by atoms with E-state index in [9.17, 15) is 0 Å². The summed E-state index contributed by atoms with van der Waals surface area (Å²) in [7, 11) is 0. The van der Waals surface area contributed by atoms with Crippen LogP contribution in [-0.4, -0.2) is 6.04 Å². The van der Waals surface area contributed by atoms with Crippen LogP contribution in [0.1, 0.15) is 39.5 Å². The molecule has 0 aliphatic rings. The fraction of sp³-hybridized carbons (Fsp3) is 0.778. The Morgan fingerprint density at radius 1 is 1.55 bits per heavy atom. The van der Waals surface area contributed by atoms with Crippen molar-refractivity contribution in [2.24, 2.45) is 5.73 Å². The Morgan fingerprint density at radius 2 is 2.18 bits per heavy atom. The van der Waals surface area contributed by atoms with E-state index in [2.05, 4.69) is 25.7 Å². The van der Waals surface area contributed by atoms with Gasteiger partial charge in [-0.3, -0.25) is 0 Å². The van der Waals surface area contributed by atoms with E-state index < -0.39 is 0 Å². The summed E-state index contributed by atoms with van der Waals surface area (Å²) >= 11 is 0. The van der Waals surface area contributed by atoms with Crippen LogP contribution in [0.3, 0.4) is 0 Å². The molecular weight excluding hydrogens is 136 g/mol. The van der Waals surface area contributed by atoms with Crippen LogP contribution < -0.4 is 11.1 Å². The molecule has 0 bridgehead atoms. The van der Waals surface area contributed by atoms with Crippen molar-refractivity contribution < 1.29 is 0 Å². The molecule has 0 radical (unpaired) electrons. The molecule has 3 N–H and O–H groups in total. The minimum absolute atomic E-state index is 0.471. The topological polar surface area (TPSA) is 38.0 Å². The first-order chi connectivity index (χ1) is 5.16. The second-order valence-corrected chi connectivity index (χ2v) is 3.07. The molecule has 0 aliphatic carbocycles. The highest BCUT2D eigenvalue weighted by atomic mass is 15.0. The Morgan fingerprint density at radius 3 is 2.64 bits per heavy atom. The largest absolute Gasteiger partial charge is 0.386 e. The summed E-state index contributed by atoms with van der Waals surface area (Å²) in [6.45, 7) is 7.93. The standard InChI is InChI=1S/C9H20N2/c1-4-5-6-7-8(2)11-9(3)10/h8,11H,3-7,10H2,1-2H3. The molecule has 0 aliphatic heterocycles. The first-order valence-corrected chi connectivity index (χ1v) is 4.37. The van der Waals surface area contributed by atoms with Crippen molar-refractivity contribution in [3.05, 3.63) is 12.4 Å². The maximum atomic E-state index is 5.39.